The van der Waals surface area contributed by atoms with Crippen molar-refractivity contribution < 1.29 is 29.0 Å². The van der Waals surface area contributed by atoms with E-state index in [2.05, 4.69) is 22.8 Å². The molecule has 2 atom stereocenters. The molecule has 0 heterocycles. The monoisotopic (exact) mass is 454 g/mol. The number of fused-ring (bicyclic) bond motifs is 3. The van der Waals surface area contributed by atoms with E-state index in [0.717, 1.165) is 22.3 Å². The molecule has 3 rings (SSSR count). The van der Waals surface area contributed by atoms with Gasteiger partial charge in [-0.25, -0.2) is 9.59 Å². The number of hydrogen-bond acceptors (Lipinski definition) is 5. The minimum absolute atomic E-state index is 0.00207. The fourth-order valence-electron chi connectivity index (χ4n) is 3.99. The van der Waals surface area contributed by atoms with Crippen molar-refractivity contribution in [3.05, 3.63) is 59.7 Å². The Morgan fingerprint density at radius 2 is 1.58 bits per heavy atom. The summed E-state index contributed by atoms with van der Waals surface area (Å²) in [6, 6.07) is 15.7. The van der Waals surface area contributed by atoms with Crippen LogP contribution in [-0.2, 0) is 19.1 Å². The predicted octanol–water partition coefficient (Wildman–Crippen LogP) is 3.16. The summed E-state index contributed by atoms with van der Waals surface area (Å²) in [7, 11) is 1.26. The third-order valence-electron chi connectivity index (χ3n) is 5.90. The van der Waals surface area contributed by atoms with Crippen LogP contribution in [0.4, 0.5) is 4.79 Å². The maximum Gasteiger partial charge on any atom is 0.407 e. The maximum absolute atomic E-state index is 12.6. The van der Waals surface area contributed by atoms with Crippen molar-refractivity contribution in [1.29, 1.82) is 0 Å². The highest BCUT2D eigenvalue weighted by molar-refractivity contribution is 5.80. The summed E-state index contributed by atoms with van der Waals surface area (Å²) < 4.78 is 10.4. The van der Waals surface area contributed by atoms with Crippen LogP contribution in [0.2, 0.25) is 0 Å². The van der Waals surface area contributed by atoms with E-state index in [1.54, 1.807) is 0 Å². The molecule has 8 nitrogen and oxygen atoms in total. The molecule has 0 aliphatic heterocycles. The van der Waals surface area contributed by atoms with E-state index in [-0.39, 0.29) is 37.3 Å². The number of carbonyl (C=O) groups is 3. The van der Waals surface area contributed by atoms with Crippen molar-refractivity contribution in [2.75, 3.05) is 20.3 Å². The molecular formula is C25H30N2O6. The van der Waals surface area contributed by atoms with Crippen LogP contribution >= 0.6 is 0 Å². The van der Waals surface area contributed by atoms with Gasteiger partial charge >= 0.3 is 12.1 Å². The molecule has 0 saturated heterocycles. The van der Waals surface area contributed by atoms with E-state index in [1.807, 2.05) is 50.2 Å². The average molecular weight is 455 g/mol. The van der Waals surface area contributed by atoms with Gasteiger partial charge in [0.05, 0.1) is 6.54 Å². The van der Waals surface area contributed by atoms with Gasteiger partial charge in [-0.1, -0.05) is 62.4 Å². The van der Waals surface area contributed by atoms with Crippen LogP contribution in [0.1, 0.15) is 37.3 Å². The Bertz CT molecular complexity index is 960. The first-order chi connectivity index (χ1) is 15.8. The number of carbonyl (C=O) groups excluding carboxylic acids is 2. The molecule has 176 valence electrons. The van der Waals surface area contributed by atoms with Crippen LogP contribution in [0.3, 0.4) is 0 Å². The van der Waals surface area contributed by atoms with Gasteiger partial charge in [0.15, 0.2) is 6.10 Å². The molecule has 1 aliphatic rings. The van der Waals surface area contributed by atoms with E-state index in [4.69, 9.17) is 14.6 Å². The first kappa shape index (κ1) is 24.3. The summed E-state index contributed by atoms with van der Waals surface area (Å²) in [5.74, 6) is -1.62. The highest BCUT2D eigenvalue weighted by Crippen LogP contribution is 2.44. The third kappa shape index (κ3) is 5.90. The molecule has 0 aromatic heterocycles. The standard InChI is InChI=1S/C25H30N2O6/c1-15(2)21(12-23(28)26-13-22(32-3)24(29)30)27-25(31)33-14-20-18-10-6-4-8-16(18)17-9-5-7-11-19(17)20/h4-11,15,20-22H,12-14H2,1-3H3,(H,26,28)(H,27,31)(H,29,30)/t21-,22?/m1/s1. The van der Waals surface area contributed by atoms with Gasteiger partial charge in [0.25, 0.3) is 0 Å². The number of nitrogens with one attached hydrogen (secondary N) is 2. The molecule has 0 saturated carbocycles. The van der Waals surface area contributed by atoms with Gasteiger partial charge in [-0.15, -0.1) is 0 Å². The Hall–Kier alpha value is -3.39. The number of rotatable bonds is 10. The van der Waals surface area contributed by atoms with Crippen molar-refractivity contribution in [3.63, 3.8) is 0 Å². The number of benzene rings is 2. The summed E-state index contributed by atoms with van der Waals surface area (Å²) in [6.45, 7) is 3.80. The van der Waals surface area contributed by atoms with Crippen LogP contribution in [0.15, 0.2) is 48.5 Å². The Balaban J connectivity index is 1.56. The van der Waals surface area contributed by atoms with Crippen LogP contribution < -0.4 is 10.6 Å². The lowest BCUT2D eigenvalue weighted by molar-refractivity contribution is -0.148. The zero-order valence-electron chi connectivity index (χ0n) is 19.0. The molecule has 0 bridgehead atoms. The summed E-state index contributed by atoms with van der Waals surface area (Å²) >= 11 is 0. The Kier molecular flexibility index (Phi) is 8.06. The summed E-state index contributed by atoms with van der Waals surface area (Å²) in [6.07, 6.45) is -1.72. The van der Waals surface area contributed by atoms with Crippen LogP contribution in [0.25, 0.3) is 11.1 Å². The van der Waals surface area contributed by atoms with Crippen LogP contribution in [0, 0.1) is 5.92 Å². The number of alkyl carbamates (subject to hydrolysis) is 1. The van der Waals surface area contributed by atoms with Crippen LogP contribution in [0.5, 0.6) is 0 Å². The predicted molar refractivity (Wildman–Crippen MR) is 123 cm³/mol. The van der Waals surface area contributed by atoms with E-state index >= 15 is 0 Å². The summed E-state index contributed by atoms with van der Waals surface area (Å²) in [4.78, 5) is 35.8. The van der Waals surface area contributed by atoms with Crippen molar-refractivity contribution in [3.8, 4) is 11.1 Å². The second-order valence-electron chi connectivity index (χ2n) is 8.39. The first-order valence-electron chi connectivity index (χ1n) is 11.0. The van der Waals surface area contributed by atoms with Crippen molar-refractivity contribution in [1.82, 2.24) is 10.6 Å². The smallest absolute Gasteiger partial charge is 0.407 e. The van der Waals surface area contributed by atoms with E-state index in [0.29, 0.717) is 0 Å². The fourth-order valence-corrected chi connectivity index (χ4v) is 3.99. The molecule has 33 heavy (non-hydrogen) atoms. The second kappa shape index (κ2) is 11.0. The molecule has 1 unspecified atom stereocenters. The number of hydrogen-bond donors (Lipinski definition) is 3. The molecule has 2 aromatic rings. The largest absolute Gasteiger partial charge is 0.479 e. The molecule has 0 spiro atoms. The molecule has 1 aliphatic carbocycles. The van der Waals surface area contributed by atoms with Gasteiger partial charge in [0.2, 0.25) is 5.91 Å². The van der Waals surface area contributed by atoms with Gasteiger partial charge in [0, 0.05) is 25.5 Å². The van der Waals surface area contributed by atoms with Gasteiger partial charge < -0.3 is 25.2 Å². The van der Waals surface area contributed by atoms with Crippen molar-refractivity contribution >= 4 is 18.0 Å². The molecule has 2 aromatic carbocycles. The molecular weight excluding hydrogens is 424 g/mol. The lowest BCUT2D eigenvalue weighted by atomic mass is 9.98. The molecule has 2 amide bonds. The Morgan fingerprint density at radius 1 is 1.00 bits per heavy atom. The SMILES string of the molecule is COC(CNC(=O)C[C@@H](NC(=O)OCC1c2ccccc2-c2ccccc21)C(C)C)C(=O)O. The number of ether oxygens (including phenoxy) is 2. The van der Waals surface area contributed by atoms with Gasteiger partial charge in [-0.3, -0.25) is 4.79 Å². The third-order valence-corrected chi connectivity index (χ3v) is 5.90. The number of aliphatic carboxylic acids is 1. The maximum atomic E-state index is 12.6. The second-order valence-corrected chi connectivity index (χ2v) is 8.39. The quantitative estimate of drug-likeness (QED) is 0.508. The zero-order valence-corrected chi connectivity index (χ0v) is 19.0. The number of amides is 2. The molecule has 0 radical (unpaired) electrons. The van der Waals surface area contributed by atoms with Gasteiger partial charge in [-0.05, 0) is 28.2 Å². The Morgan fingerprint density at radius 3 is 2.09 bits per heavy atom. The summed E-state index contributed by atoms with van der Waals surface area (Å²) in [5.41, 5.74) is 4.54. The molecule has 8 heteroatoms. The van der Waals surface area contributed by atoms with E-state index in [9.17, 15) is 14.4 Å². The average Bonchev–Trinajstić information content (AvgIpc) is 3.11. The molecule has 0 fully saturated rings. The van der Waals surface area contributed by atoms with Crippen LogP contribution in [-0.4, -0.2) is 55.5 Å². The molecule has 3 N–H and O–H groups in total. The normalized spacial score (nSPS) is 14.2. The summed E-state index contributed by atoms with van der Waals surface area (Å²) in [5, 5.41) is 14.3. The minimum atomic E-state index is -1.16. The fraction of sp³-hybridized carbons (Fsp3) is 0.400. The Labute approximate surface area is 193 Å². The topological polar surface area (TPSA) is 114 Å². The number of carboxylic acid groups (broad SMARTS) is 1. The number of carboxylic acids is 1. The zero-order chi connectivity index (χ0) is 24.0. The van der Waals surface area contributed by atoms with Crippen molar-refractivity contribution in [2.24, 2.45) is 5.92 Å². The van der Waals surface area contributed by atoms with Crippen molar-refractivity contribution in [2.45, 2.75) is 38.3 Å². The lowest BCUT2D eigenvalue weighted by Crippen LogP contribution is -2.44. The first-order valence-corrected chi connectivity index (χ1v) is 11.0. The highest BCUT2D eigenvalue weighted by Gasteiger charge is 2.29. The van der Waals surface area contributed by atoms with Gasteiger partial charge in [-0.2, -0.15) is 0 Å². The number of methoxy groups -OCH3 is 1. The minimum Gasteiger partial charge on any atom is -0.479 e. The highest BCUT2D eigenvalue weighted by atomic mass is 16.5. The van der Waals surface area contributed by atoms with E-state index < -0.39 is 24.2 Å². The lowest BCUT2D eigenvalue weighted by Gasteiger charge is -2.23. The van der Waals surface area contributed by atoms with Gasteiger partial charge in [0.1, 0.15) is 6.61 Å². The van der Waals surface area contributed by atoms with E-state index in [1.165, 1.54) is 7.11 Å².